The molecule has 1 N–H and O–H groups in total. The molecule has 1 aromatic heterocycles. The van der Waals surface area contributed by atoms with Gasteiger partial charge in [0.1, 0.15) is 16.1 Å². The maximum atomic E-state index is 5.85. The second-order valence-electron chi connectivity index (χ2n) is 3.54. The van der Waals surface area contributed by atoms with Crippen LogP contribution in [0.1, 0.15) is 39.4 Å². The number of nitrogens with one attached hydrogen (secondary N) is 1. The van der Waals surface area contributed by atoms with Gasteiger partial charge in [-0.2, -0.15) is 0 Å². The minimum absolute atomic E-state index is 0.344. The Labute approximate surface area is 110 Å². The highest BCUT2D eigenvalue weighted by Gasteiger charge is 2.31. The molecule has 0 fully saturated rings. The number of H-pyrrole nitrogens is 1. The fourth-order valence-corrected chi connectivity index (χ4v) is 2.10. The van der Waals surface area contributed by atoms with Crippen LogP contribution >= 0.6 is 28.1 Å². The summed E-state index contributed by atoms with van der Waals surface area (Å²) in [5.74, 6) is 0.813. The van der Waals surface area contributed by atoms with Crippen molar-refractivity contribution in [3.63, 3.8) is 0 Å². The summed E-state index contributed by atoms with van der Waals surface area (Å²) in [6, 6.07) is 0. The molecule has 0 unspecified atom stereocenters. The third-order valence-electron chi connectivity index (χ3n) is 2.75. The van der Waals surface area contributed by atoms with Gasteiger partial charge < -0.3 is 9.72 Å². The van der Waals surface area contributed by atoms with Gasteiger partial charge >= 0.3 is 0 Å². The van der Waals surface area contributed by atoms with Crippen molar-refractivity contribution in [3.05, 3.63) is 21.1 Å². The normalized spacial score (nSPS) is 11.8. The fourth-order valence-electron chi connectivity index (χ4n) is 1.74. The van der Waals surface area contributed by atoms with E-state index >= 15 is 0 Å². The molecule has 90 valence electrons. The number of aromatic nitrogens is 2. The van der Waals surface area contributed by atoms with Crippen molar-refractivity contribution in [2.45, 2.75) is 39.2 Å². The number of halogens is 1. The quantitative estimate of drug-likeness (QED) is 0.837. The van der Waals surface area contributed by atoms with Crippen LogP contribution in [-0.4, -0.2) is 16.6 Å². The first-order valence-corrected chi connectivity index (χ1v) is 6.69. The molecule has 0 aromatic carbocycles. The molecular formula is C11H17BrN2OS. The van der Waals surface area contributed by atoms with Gasteiger partial charge in [-0.1, -0.05) is 26.1 Å². The van der Waals surface area contributed by atoms with Crippen molar-refractivity contribution in [1.29, 1.82) is 0 Å². The standard InChI is InChI=1S/C11H17BrN2OS/c1-4-11(5-2,15-6-3)10-13-7-8(12)9(16)14-10/h7H,4-6H2,1-3H3,(H,13,14,16). The third-order valence-corrected chi connectivity index (χ3v) is 3.94. The first kappa shape index (κ1) is 13.8. The summed E-state index contributed by atoms with van der Waals surface area (Å²) in [7, 11) is 0. The molecule has 0 radical (unpaired) electrons. The van der Waals surface area contributed by atoms with E-state index in [1.54, 1.807) is 6.20 Å². The highest BCUT2D eigenvalue weighted by molar-refractivity contribution is 9.10. The van der Waals surface area contributed by atoms with Crippen LogP contribution < -0.4 is 0 Å². The highest BCUT2D eigenvalue weighted by Crippen LogP contribution is 2.30. The van der Waals surface area contributed by atoms with Crippen LogP contribution in [0.5, 0.6) is 0 Å². The summed E-state index contributed by atoms with van der Waals surface area (Å²) in [6.45, 7) is 6.85. The molecule has 1 heterocycles. The van der Waals surface area contributed by atoms with Gasteiger partial charge in [0.2, 0.25) is 0 Å². The Bertz CT molecular complexity index is 401. The number of aromatic amines is 1. The first-order valence-electron chi connectivity index (χ1n) is 5.48. The van der Waals surface area contributed by atoms with Gasteiger partial charge in [0.15, 0.2) is 0 Å². The van der Waals surface area contributed by atoms with E-state index in [1.807, 2.05) is 6.92 Å². The van der Waals surface area contributed by atoms with Crippen LogP contribution in [0.3, 0.4) is 0 Å². The van der Waals surface area contributed by atoms with E-state index in [4.69, 9.17) is 17.0 Å². The molecule has 3 nitrogen and oxygen atoms in total. The Morgan fingerprint density at radius 3 is 2.50 bits per heavy atom. The second kappa shape index (κ2) is 5.89. The largest absolute Gasteiger partial charge is 0.367 e. The lowest BCUT2D eigenvalue weighted by Gasteiger charge is -2.30. The number of ether oxygens (including phenoxy) is 1. The molecule has 0 bridgehead atoms. The van der Waals surface area contributed by atoms with E-state index < -0.39 is 0 Å². The average Bonchev–Trinajstić information content (AvgIpc) is 2.30. The molecule has 0 aliphatic heterocycles. The molecule has 5 heteroatoms. The lowest BCUT2D eigenvalue weighted by Crippen LogP contribution is -2.30. The van der Waals surface area contributed by atoms with Gasteiger partial charge in [0, 0.05) is 12.8 Å². The summed E-state index contributed by atoms with van der Waals surface area (Å²) in [5, 5.41) is 0. The van der Waals surface area contributed by atoms with Crippen molar-refractivity contribution in [2.75, 3.05) is 6.61 Å². The van der Waals surface area contributed by atoms with E-state index in [0.717, 1.165) is 23.1 Å². The van der Waals surface area contributed by atoms with Gasteiger partial charge in [-0.25, -0.2) is 4.98 Å². The Hall–Kier alpha value is -0.260. The predicted octanol–water partition coefficient (Wildman–Crippen LogP) is 3.95. The monoisotopic (exact) mass is 304 g/mol. The molecule has 0 spiro atoms. The summed E-state index contributed by atoms with van der Waals surface area (Å²) in [5.41, 5.74) is -0.344. The zero-order valence-corrected chi connectivity index (χ0v) is 12.2. The zero-order valence-electron chi connectivity index (χ0n) is 9.84. The SMILES string of the molecule is CCOC(CC)(CC)c1ncc(Br)c(=S)[nH]1. The molecule has 0 amide bonds. The topological polar surface area (TPSA) is 37.9 Å². The molecule has 0 aliphatic rings. The predicted molar refractivity (Wildman–Crippen MR) is 71.0 cm³/mol. The minimum atomic E-state index is -0.344. The van der Waals surface area contributed by atoms with Crippen LogP contribution in [0.25, 0.3) is 0 Å². The van der Waals surface area contributed by atoms with Crippen molar-refractivity contribution in [2.24, 2.45) is 0 Å². The van der Waals surface area contributed by atoms with Crippen LogP contribution in [0.2, 0.25) is 0 Å². The Kier molecular flexibility index (Phi) is 5.08. The maximum Gasteiger partial charge on any atom is 0.139 e. The summed E-state index contributed by atoms with van der Waals surface area (Å²) < 4.78 is 7.33. The summed E-state index contributed by atoms with van der Waals surface area (Å²) >= 11 is 8.53. The molecule has 0 saturated carbocycles. The average molecular weight is 305 g/mol. The van der Waals surface area contributed by atoms with E-state index in [1.165, 1.54) is 0 Å². The van der Waals surface area contributed by atoms with Crippen LogP contribution in [0.4, 0.5) is 0 Å². The molecule has 0 atom stereocenters. The number of nitrogens with zero attached hydrogens (tertiary/aromatic N) is 1. The zero-order chi connectivity index (χ0) is 12.2. The Balaban J connectivity index is 3.20. The lowest BCUT2D eigenvalue weighted by atomic mass is 9.96. The van der Waals surface area contributed by atoms with E-state index in [2.05, 4.69) is 39.7 Å². The van der Waals surface area contributed by atoms with Crippen LogP contribution in [-0.2, 0) is 10.3 Å². The molecule has 1 rings (SSSR count). The number of hydrogen-bond donors (Lipinski definition) is 1. The number of rotatable bonds is 5. The molecule has 16 heavy (non-hydrogen) atoms. The lowest BCUT2D eigenvalue weighted by molar-refractivity contribution is -0.0572. The molecule has 0 aliphatic carbocycles. The Morgan fingerprint density at radius 2 is 2.06 bits per heavy atom. The fraction of sp³-hybridized carbons (Fsp3) is 0.636. The van der Waals surface area contributed by atoms with Gasteiger partial charge in [-0.15, -0.1) is 0 Å². The van der Waals surface area contributed by atoms with Crippen molar-refractivity contribution < 1.29 is 4.74 Å². The summed E-state index contributed by atoms with van der Waals surface area (Å²) in [4.78, 5) is 7.51. The van der Waals surface area contributed by atoms with Gasteiger partial charge in [0.25, 0.3) is 0 Å². The maximum absolute atomic E-state index is 5.85. The Morgan fingerprint density at radius 1 is 1.44 bits per heavy atom. The molecule has 0 saturated heterocycles. The van der Waals surface area contributed by atoms with Crippen LogP contribution in [0.15, 0.2) is 10.7 Å². The van der Waals surface area contributed by atoms with Crippen molar-refractivity contribution >= 4 is 28.1 Å². The third kappa shape index (κ3) is 2.70. The van der Waals surface area contributed by atoms with Crippen LogP contribution in [0, 0.1) is 4.64 Å². The van der Waals surface area contributed by atoms with Crippen molar-refractivity contribution in [3.8, 4) is 0 Å². The van der Waals surface area contributed by atoms with Gasteiger partial charge in [-0.3, -0.25) is 0 Å². The smallest absolute Gasteiger partial charge is 0.139 e. The molecular weight excluding hydrogens is 288 g/mol. The van der Waals surface area contributed by atoms with E-state index in [9.17, 15) is 0 Å². The minimum Gasteiger partial charge on any atom is -0.367 e. The summed E-state index contributed by atoms with van der Waals surface area (Å²) in [6.07, 6.45) is 3.47. The van der Waals surface area contributed by atoms with Gasteiger partial charge in [-0.05, 0) is 35.7 Å². The number of hydrogen-bond acceptors (Lipinski definition) is 3. The van der Waals surface area contributed by atoms with E-state index in [-0.39, 0.29) is 5.60 Å². The highest BCUT2D eigenvalue weighted by atomic mass is 79.9. The second-order valence-corrected chi connectivity index (χ2v) is 4.81. The molecule has 1 aromatic rings. The van der Waals surface area contributed by atoms with Crippen molar-refractivity contribution in [1.82, 2.24) is 9.97 Å². The van der Waals surface area contributed by atoms with Gasteiger partial charge in [0.05, 0.1) is 4.47 Å². The first-order chi connectivity index (χ1) is 7.59. The van der Waals surface area contributed by atoms with E-state index in [0.29, 0.717) is 11.2 Å².